The molecule has 1 aromatic heterocycles. The third kappa shape index (κ3) is 2.42. The van der Waals surface area contributed by atoms with Crippen LogP contribution in [0.5, 0.6) is 0 Å². The van der Waals surface area contributed by atoms with Gasteiger partial charge in [-0.25, -0.2) is 9.37 Å². The van der Waals surface area contributed by atoms with Crippen molar-refractivity contribution in [2.24, 2.45) is 0 Å². The molecule has 0 bridgehead atoms. The number of rotatable bonds is 3. The van der Waals surface area contributed by atoms with E-state index in [1.807, 2.05) is 12.3 Å². The van der Waals surface area contributed by atoms with Gasteiger partial charge in [0, 0.05) is 11.1 Å². The summed E-state index contributed by atoms with van der Waals surface area (Å²) in [6, 6.07) is 4.70. The van der Waals surface area contributed by atoms with Gasteiger partial charge < -0.3 is 5.11 Å². The maximum atomic E-state index is 13.6. The Labute approximate surface area is 101 Å². The van der Waals surface area contributed by atoms with Crippen LogP contribution in [0.1, 0.15) is 11.3 Å². The van der Waals surface area contributed by atoms with Crippen molar-refractivity contribution in [1.29, 1.82) is 0 Å². The van der Waals surface area contributed by atoms with Gasteiger partial charge in [-0.05, 0) is 18.6 Å². The van der Waals surface area contributed by atoms with E-state index >= 15 is 0 Å². The van der Waals surface area contributed by atoms with E-state index in [9.17, 15) is 4.39 Å². The molecule has 0 fully saturated rings. The van der Waals surface area contributed by atoms with Crippen molar-refractivity contribution in [3.63, 3.8) is 0 Å². The molecule has 1 heterocycles. The molecule has 0 aliphatic carbocycles. The van der Waals surface area contributed by atoms with Gasteiger partial charge in [-0.1, -0.05) is 23.9 Å². The van der Waals surface area contributed by atoms with E-state index in [4.69, 9.17) is 5.11 Å². The molecule has 1 aromatic carbocycles. The van der Waals surface area contributed by atoms with Crippen LogP contribution in [0, 0.1) is 12.7 Å². The van der Waals surface area contributed by atoms with Crippen molar-refractivity contribution in [3.05, 3.63) is 40.7 Å². The van der Waals surface area contributed by atoms with Gasteiger partial charge in [0.2, 0.25) is 0 Å². The van der Waals surface area contributed by atoms with Crippen LogP contribution in [0.25, 0.3) is 0 Å². The zero-order valence-electron chi connectivity index (χ0n) is 8.61. The fourth-order valence-corrected chi connectivity index (χ4v) is 3.16. The highest BCUT2D eigenvalue weighted by molar-refractivity contribution is 8.01. The second-order valence-electron chi connectivity index (χ2n) is 3.24. The number of thiazole rings is 1. The summed E-state index contributed by atoms with van der Waals surface area (Å²) < 4.78 is 14.4. The van der Waals surface area contributed by atoms with E-state index in [1.165, 1.54) is 29.2 Å². The summed E-state index contributed by atoms with van der Waals surface area (Å²) in [5.74, 6) is -0.315. The molecule has 0 spiro atoms. The summed E-state index contributed by atoms with van der Waals surface area (Å²) in [5, 5.41) is 11.0. The fraction of sp³-hybridized carbons (Fsp3) is 0.182. The van der Waals surface area contributed by atoms with Crippen LogP contribution >= 0.6 is 23.1 Å². The molecule has 84 valence electrons. The van der Waals surface area contributed by atoms with Gasteiger partial charge in [0.25, 0.3) is 0 Å². The number of aliphatic hydroxyl groups is 1. The molecule has 0 aliphatic rings. The average Bonchev–Trinajstić information content (AvgIpc) is 2.67. The summed E-state index contributed by atoms with van der Waals surface area (Å²) in [6.45, 7) is 1.74. The maximum absolute atomic E-state index is 13.6. The Kier molecular flexibility index (Phi) is 3.58. The Hall–Kier alpha value is -0.910. The zero-order chi connectivity index (χ0) is 11.5. The average molecular weight is 255 g/mol. The summed E-state index contributed by atoms with van der Waals surface area (Å²) in [4.78, 5) is 4.71. The second kappa shape index (κ2) is 4.95. The first-order valence-electron chi connectivity index (χ1n) is 4.69. The van der Waals surface area contributed by atoms with Gasteiger partial charge in [-0.2, -0.15) is 0 Å². The Morgan fingerprint density at radius 3 is 2.94 bits per heavy atom. The predicted molar refractivity (Wildman–Crippen MR) is 63.3 cm³/mol. The highest BCUT2D eigenvalue weighted by Gasteiger charge is 2.11. The molecule has 2 aromatic rings. The number of aliphatic hydroxyl groups excluding tert-OH is 1. The minimum atomic E-state index is -0.315. The maximum Gasteiger partial charge on any atom is 0.155 e. The van der Waals surface area contributed by atoms with Crippen molar-refractivity contribution in [3.8, 4) is 0 Å². The van der Waals surface area contributed by atoms with E-state index < -0.39 is 0 Å². The topological polar surface area (TPSA) is 33.1 Å². The van der Waals surface area contributed by atoms with Crippen LogP contribution in [0.4, 0.5) is 4.39 Å². The van der Waals surface area contributed by atoms with Crippen LogP contribution < -0.4 is 0 Å². The summed E-state index contributed by atoms with van der Waals surface area (Å²) >= 11 is 2.73. The minimum Gasteiger partial charge on any atom is -0.392 e. The standard InChI is InChI=1S/C11H10FNOS2/c1-7-6-15-11(13-7)16-10-8(5-14)3-2-4-9(10)12/h2-4,6,14H,5H2,1H3. The molecule has 0 radical (unpaired) electrons. The van der Waals surface area contributed by atoms with Crippen molar-refractivity contribution in [2.75, 3.05) is 0 Å². The number of aromatic nitrogens is 1. The highest BCUT2D eigenvalue weighted by atomic mass is 32.2. The largest absolute Gasteiger partial charge is 0.392 e. The number of nitrogens with zero attached hydrogens (tertiary/aromatic N) is 1. The van der Waals surface area contributed by atoms with Crippen molar-refractivity contribution in [1.82, 2.24) is 4.98 Å². The van der Waals surface area contributed by atoms with Gasteiger partial charge >= 0.3 is 0 Å². The van der Waals surface area contributed by atoms with Crippen LogP contribution in [0.15, 0.2) is 32.8 Å². The van der Waals surface area contributed by atoms with Crippen molar-refractivity contribution >= 4 is 23.1 Å². The molecule has 2 rings (SSSR count). The van der Waals surface area contributed by atoms with Gasteiger partial charge in [0.15, 0.2) is 4.34 Å². The monoisotopic (exact) mass is 255 g/mol. The lowest BCUT2D eigenvalue weighted by Crippen LogP contribution is -1.91. The number of hydrogen-bond donors (Lipinski definition) is 1. The van der Waals surface area contributed by atoms with Gasteiger partial charge in [0.05, 0.1) is 11.5 Å². The van der Waals surface area contributed by atoms with Crippen LogP contribution in [0.3, 0.4) is 0 Å². The first kappa shape index (κ1) is 11.6. The third-order valence-corrected chi connectivity index (χ3v) is 4.22. The van der Waals surface area contributed by atoms with Gasteiger partial charge in [0.1, 0.15) is 5.82 Å². The van der Waals surface area contributed by atoms with E-state index in [2.05, 4.69) is 4.98 Å². The van der Waals surface area contributed by atoms with Crippen LogP contribution in [0.2, 0.25) is 0 Å². The smallest absolute Gasteiger partial charge is 0.155 e. The molecule has 0 unspecified atom stereocenters. The first-order valence-corrected chi connectivity index (χ1v) is 6.38. The summed E-state index contributed by atoms with van der Waals surface area (Å²) in [7, 11) is 0. The molecule has 0 aliphatic heterocycles. The van der Waals surface area contributed by atoms with E-state index in [0.29, 0.717) is 10.5 Å². The zero-order valence-corrected chi connectivity index (χ0v) is 10.2. The van der Waals surface area contributed by atoms with Crippen LogP contribution in [-0.2, 0) is 6.61 Å². The molecular formula is C11H10FNOS2. The quantitative estimate of drug-likeness (QED) is 0.914. The lowest BCUT2D eigenvalue weighted by atomic mass is 10.2. The molecule has 0 amide bonds. The predicted octanol–water partition coefficient (Wildman–Crippen LogP) is 3.23. The minimum absolute atomic E-state index is 0.162. The van der Waals surface area contributed by atoms with Gasteiger partial charge in [-0.3, -0.25) is 0 Å². The molecule has 2 nitrogen and oxygen atoms in total. The molecule has 1 N–H and O–H groups in total. The molecule has 5 heteroatoms. The lowest BCUT2D eigenvalue weighted by Gasteiger charge is -2.05. The summed E-state index contributed by atoms with van der Waals surface area (Å²) in [6.07, 6.45) is 0. The highest BCUT2D eigenvalue weighted by Crippen LogP contribution is 2.34. The third-order valence-electron chi connectivity index (χ3n) is 2.01. The Bertz CT molecular complexity index is 498. The van der Waals surface area contributed by atoms with E-state index in [-0.39, 0.29) is 12.4 Å². The molecular weight excluding hydrogens is 245 g/mol. The first-order chi connectivity index (χ1) is 7.70. The Morgan fingerprint density at radius 1 is 1.50 bits per heavy atom. The number of hydrogen-bond acceptors (Lipinski definition) is 4. The molecule has 0 saturated heterocycles. The Balaban J connectivity index is 2.33. The number of aryl methyl sites for hydroxylation is 1. The fourth-order valence-electron chi connectivity index (χ4n) is 1.26. The van der Waals surface area contributed by atoms with E-state index in [1.54, 1.807) is 12.1 Å². The van der Waals surface area contributed by atoms with E-state index in [0.717, 1.165) is 10.0 Å². The van der Waals surface area contributed by atoms with Crippen molar-refractivity contribution in [2.45, 2.75) is 22.8 Å². The van der Waals surface area contributed by atoms with Gasteiger partial charge in [-0.15, -0.1) is 11.3 Å². The van der Waals surface area contributed by atoms with Crippen molar-refractivity contribution < 1.29 is 9.50 Å². The second-order valence-corrected chi connectivity index (χ2v) is 5.36. The molecule has 0 saturated carbocycles. The Morgan fingerprint density at radius 2 is 2.31 bits per heavy atom. The number of benzene rings is 1. The number of halogens is 1. The molecule has 16 heavy (non-hydrogen) atoms. The molecule has 0 atom stereocenters. The summed E-state index contributed by atoms with van der Waals surface area (Å²) in [5.41, 5.74) is 1.52. The lowest BCUT2D eigenvalue weighted by molar-refractivity contribution is 0.277. The normalized spacial score (nSPS) is 10.7. The van der Waals surface area contributed by atoms with Crippen LogP contribution in [-0.4, -0.2) is 10.1 Å². The SMILES string of the molecule is Cc1csc(Sc2c(F)cccc2CO)n1.